The van der Waals surface area contributed by atoms with Crippen LogP contribution in [-0.2, 0) is 11.2 Å². The smallest absolute Gasteiger partial charge is 0.126 e. The van der Waals surface area contributed by atoms with Crippen molar-refractivity contribution in [1.82, 2.24) is 9.80 Å². The molecule has 1 aromatic carbocycles. The number of rotatable bonds is 4. The summed E-state index contributed by atoms with van der Waals surface area (Å²) in [5, 5.41) is 0. The number of likely N-dealkylation sites (N-methyl/N-ethyl adjacent to an activating group) is 1. The van der Waals surface area contributed by atoms with E-state index in [9.17, 15) is 8.78 Å². The molecule has 25 heavy (non-hydrogen) atoms. The minimum atomic E-state index is -0.369. The normalized spacial score (nSPS) is 23.9. The number of benzene rings is 1. The van der Waals surface area contributed by atoms with Crippen molar-refractivity contribution < 1.29 is 13.5 Å². The Hall–Kier alpha value is -1.04. The number of likely N-dealkylation sites (tertiary alicyclic amines) is 1. The summed E-state index contributed by atoms with van der Waals surface area (Å²) < 4.78 is 33.6. The highest BCUT2D eigenvalue weighted by Gasteiger charge is 2.45. The Morgan fingerprint density at radius 3 is 2.48 bits per heavy atom. The molecule has 0 bridgehead atoms. The molecule has 0 amide bonds. The molecule has 2 saturated heterocycles. The summed E-state index contributed by atoms with van der Waals surface area (Å²) in [5.41, 5.74) is 0.298. The maximum absolute atomic E-state index is 13.8. The molecular formula is C20H30F2N2O. The molecule has 0 radical (unpaired) electrons. The third-order valence-corrected chi connectivity index (χ3v) is 5.53. The summed E-state index contributed by atoms with van der Waals surface area (Å²) in [6.07, 6.45) is 2.54. The van der Waals surface area contributed by atoms with Crippen molar-refractivity contribution in [1.29, 1.82) is 0 Å². The molecule has 0 aliphatic carbocycles. The number of ether oxygens (including phenoxy) is 1. The van der Waals surface area contributed by atoms with Crippen molar-refractivity contribution in [2.24, 2.45) is 0 Å². The highest BCUT2D eigenvalue weighted by molar-refractivity contribution is 5.19. The zero-order chi connectivity index (χ0) is 18.1. The zero-order valence-corrected chi connectivity index (χ0v) is 15.7. The van der Waals surface area contributed by atoms with Gasteiger partial charge in [0.2, 0.25) is 0 Å². The van der Waals surface area contributed by atoms with Crippen LogP contribution in [0.2, 0.25) is 0 Å². The van der Waals surface area contributed by atoms with Crippen LogP contribution >= 0.6 is 0 Å². The lowest BCUT2D eigenvalue weighted by atomic mass is 9.86. The summed E-state index contributed by atoms with van der Waals surface area (Å²) >= 11 is 0. The molecule has 5 heteroatoms. The Kier molecular flexibility index (Phi) is 5.47. The molecule has 3 rings (SSSR count). The SMILES string of the molecule is CCN1CC(C)(C)OC2(CCN(CCc3cc(F)ccc3F)CC2)C1. The second-order valence-electron chi connectivity index (χ2n) is 8.18. The average Bonchev–Trinajstić information content (AvgIpc) is 2.55. The number of morpholine rings is 1. The summed E-state index contributed by atoms with van der Waals surface area (Å²) in [4.78, 5) is 4.83. The first kappa shape index (κ1) is 18.7. The third-order valence-electron chi connectivity index (χ3n) is 5.53. The molecule has 0 atom stereocenters. The molecular weight excluding hydrogens is 322 g/mol. The van der Waals surface area contributed by atoms with Crippen molar-refractivity contribution in [3.63, 3.8) is 0 Å². The van der Waals surface area contributed by atoms with Crippen molar-refractivity contribution in [2.45, 2.75) is 51.2 Å². The van der Waals surface area contributed by atoms with E-state index in [4.69, 9.17) is 4.74 Å². The van der Waals surface area contributed by atoms with Crippen LogP contribution in [0.3, 0.4) is 0 Å². The van der Waals surface area contributed by atoms with Gasteiger partial charge in [0.25, 0.3) is 0 Å². The van der Waals surface area contributed by atoms with Crippen LogP contribution in [0.15, 0.2) is 18.2 Å². The van der Waals surface area contributed by atoms with Crippen LogP contribution in [0.1, 0.15) is 39.2 Å². The van der Waals surface area contributed by atoms with E-state index in [2.05, 4.69) is 30.6 Å². The van der Waals surface area contributed by atoms with E-state index >= 15 is 0 Å². The Morgan fingerprint density at radius 1 is 1.08 bits per heavy atom. The molecule has 2 aliphatic rings. The number of nitrogens with zero attached hydrogens (tertiary/aromatic N) is 2. The van der Waals surface area contributed by atoms with Gasteiger partial charge in [0.05, 0.1) is 11.2 Å². The van der Waals surface area contributed by atoms with Gasteiger partial charge in [-0.15, -0.1) is 0 Å². The number of hydrogen-bond donors (Lipinski definition) is 0. The van der Waals surface area contributed by atoms with E-state index in [-0.39, 0.29) is 22.8 Å². The van der Waals surface area contributed by atoms with E-state index in [1.807, 2.05) is 0 Å². The van der Waals surface area contributed by atoms with Crippen LogP contribution in [0.25, 0.3) is 0 Å². The van der Waals surface area contributed by atoms with Gasteiger partial charge in [0, 0.05) is 32.7 Å². The summed E-state index contributed by atoms with van der Waals surface area (Å²) in [6.45, 7) is 12.2. The maximum Gasteiger partial charge on any atom is 0.126 e. The van der Waals surface area contributed by atoms with Gasteiger partial charge in [0.1, 0.15) is 11.6 Å². The van der Waals surface area contributed by atoms with E-state index in [1.54, 1.807) is 0 Å². The summed E-state index contributed by atoms with van der Waals surface area (Å²) in [6, 6.07) is 3.70. The van der Waals surface area contributed by atoms with Crippen LogP contribution in [-0.4, -0.2) is 60.3 Å². The lowest BCUT2D eigenvalue weighted by Gasteiger charge is -2.53. The maximum atomic E-state index is 13.8. The fourth-order valence-electron chi connectivity index (χ4n) is 4.33. The number of piperidine rings is 1. The van der Waals surface area contributed by atoms with Crippen molar-refractivity contribution in [3.05, 3.63) is 35.4 Å². The highest BCUT2D eigenvalue weighted by Crippen LogP contribution is 2.36. The monoisotopic (exact) mass is 352 g/mol. The quantitative estimate of drug-likeness (QED) is 0.825. The van der Waals surface area contributed by atoms with Gasteiger partial charge < -0.3 is 9.64 Å². The largest absolute Gasteiger partial charge is 0.366 e. The fraction of sp³-hybridized carbons (Fsp3) is 0.700. The van der Waals surface area contributed by atoms with Crippen LogP contribution in [0, 0.1) is 11.6 Å². The summed E-state index contributed by atoms with van der Waals surface area (Å²) in [5.74, 6) is -0.683. The number of hydrogen-bond acceptors (Lipinski definition) is 3. The zero-order valence-electron chi connectivity index (χ0n) is 15.7. The molecule has 2 heterocycles. The van der Waals surface area contributed by atoms with Gasteiger partial charge in [-0.05, 0) is 63.4 Å². The molecule has 3 nitrogen and oxygen atoms in total. The standard InChI is InChI=1S/C20H30F2N2O/c1-4-23-14-19(2,3)25-20(15-23)8-11-24(12-9-20)10-7-16-13-17(21)5-6-18(16)22/h5-6,13H,4,7-12,14-15H2,1-3H3. The average molecular weight is 352 g/mol. The Morgan fingerprint density at radius 2 is 1.80 bits per heavy atom. The van der Waals surface area contributed by atoms with Gasteiger partial charge in [0.15, 0.2) is 0 Å². The predicted molar refractivity (Wildman–Crippen MR) is 95.7 cm³/mol. The molecule has 1 aromatic rings. The lowest BCUT2D eigenvalue weighted by Crippen LogP contribution is -2.62. The molecule has 0 aromatic heterocycles. The molecule has 0 N–H and O–H groups in total. The van der Waals surface area contributed by atoms with E-state index < -0.39 is 0 Å². The molecule has 0 unspecified atom stereocenters. The van der Waals surface area contributed by atoms with E-state index in [1.165, 1.54) is 18.2 Å². The Bertz CT molecular complexity index is 597. The first-order valence-electron chi connectivity index (χ1n) is 9.40. The Balaban J connectivity index is 1.55. The van der Waals surface area contributed by atoms with E-state index in [0.29, 0.717) is 12.0 Å². The molecule has 0 saturated carbocycles. The van der Waals surface area contributed by atoms with Gasteiger partial charge >= 0.3 is 0 Å². The van der Waals surface area contributed by atoms with Gasteiger partial charge in [-0.1, -0.05) is 6.92 Å². The molecule has 2 aliphatic heterocycles. The first-order valence-corrected chi connectivity index (χ1v) is 9.40. The van der Waals surface area contributed by atoms with Crippen molar-refractivity contribution >= 4 is 0 Å². The Labute approximate surface area is 149 Å². The molecule has 2 fully saturated rings. The van der Waals surface area contributed by atoms with Gasteiger partial charge in [-0.2, -0.15) is 0 Å². The predicted octanol–water partition coefficient (Wildman–Crippen LogP) is 3.47. The van der Waals surface area contributed by atoms with E-state index in [0.717, 1.165) is 52.1 Å². The second-order valence-corrected chi connectivity index (χ2v) is 8.18. The van der Waals surface area contributed by atoms with Crippen LogP contribution < -0.4 is 0 Å². The minimum absolute atomic E-state index is 0.0572. The van der Waals surface area contributed by atoms with Crippen LogP contribution in [0.5, 0.6) is 0 Å². The van der Waals surface area contributed by atoms with Gasteiger partial charge in [-0.25, -0.2) is 8.78 Å². The van der Waals surface area contributed by atoms with Crippen molar-refractivity contribution in [3.8, 4) is 0 Å². The fourth-order valence-corrected chi connectivity index (χ4v) is 4.33. The minimum Gasteiger partial charge on any atom is -0.366 e. The second kappa shape index (κ2) is 7.29. The summed E-state index contributed by atoms with van der Waals surface area (Å²) in [7, 11) is 0. The van der Waals surface area contributed by atoms with Gasteiger partial charge in [-0.3, -0.25) is 4.90 Å². The van der Waals surface area contributed by atoms with Crippen LogP contribution in [0.4, 0.5) is 8.78 Å². The highest BCUT2D eigenvalue weighted by atomic mass is 19.1. The molecule has 1 spiro atoms. The molecule has 140 valence electrons. The first-order chi connectivity index (χ1) is 11.8. The topological polar surface area (TPSA) is 15.7 Å². The van der Waals surface area contributed by atoms with Crippen molar-refractivity contribution in [2.75, 3.05) is 39.3 Å². The third kappa shape index (κ3) is 4.57. The lowest BCUT2D eigenvalue weighted by molar-refractivity contribution is -0.212. The number of halogens is 2.